The Morgan fingerprint density at radius 3 is 2.71 bits per heavy atom. The summed E-state index contributed by atoms with van der Waals surface area (Å²) in [4.78, 5) is 23.8. The Kier molecular flexibility index (Phi) is 6.53. The number of nitrogens with one attached hydrogen (secondary N) is 2. The summed E-state index contributed by atoms with van der Waals surface area (Å²) in [5.74, 6) is 0.271. The summed E-state index contributed by atoms with van der Waals surface area (Å²) in [6, 6.07) is 5.91. The zero-order valence-corrected chi connectivity index (χ0v) is 14.8. The van der Waals surface area contributed by atoms with Crippen LogP contribution in [-0.2, 0) is 9.59 Å². The van der Waals surface area contributed by atoms with Crippen LogP contribution in [-0.4, -0.2) is 17.5 Å². The summed E-state index contributed by atoms with van der Waals surface area (Å²) in [5, 5.41) is 7.07. The maximum atomic E-state index is 12.0. The molecule has 1 aliphatic rings. The van der Waals surface area contributed by atoms with Crippen LogP contribution in [0.4, 0.5) is 5.69 Å². The lowest BCUT2D eigenvalue weighted by atomic mass is 9.89. The van der Waals surface area contributed by atoms with Gasteiger partial charge in [-0.1, -0.05) is 19.1 Å². The number of aryl methyl sites for hydroxylation is 2. The molecule has 2 rings (SSSR count). The van der Waals surface area contributed by atoms with Crippen molar-refractivity contribution in [3.8, 4) is 0 Å². The minimum absolute atomic E-state index is 0.142. The Morgan fingerprint density at radius 2 is 1.96 bits per heavy atom. The van der Waals surface area contributed by atoms with Crippen LogP contribution in [0.25, 0.3) is 0 Å². The van der Waals surface area contributed by atoms with E-state index < -0.39 is 0 Å². The first-order valence-electron chi connectivity index (χ1n) is 8.65. The first kappa shape index (κ1) is 18.2. The zero-order valence-electron chi connectivity index (χ0n) is 14.8. The van der Waals surface area contributed by atoms with Gasteiger partial charge in [0.2, 0.25) is 11.8 Å². The van der Waals surface area contributed by atoms with Crippen molar-refractivity contribution in [3.05, 3.63) is 29.3 Å². The van der Waals surface area contributed by atoms with Gasteiger partial charge in [0, 0.05) is 24.2 Å². The highest BCUT2D eigenvalue weighted by Gasteiger charge is 2.14. The monoisotopic (exact) mass is 329 g/mol. The van der Waals surface area contributed by atoms with E-state index in [1.807, 2.05) is 32.0 Å². The van der Waals surface area contributed by atoms with Crippen molar-refractivity contribution in [2.24, 2.45) is 11.0 Å². The van der Waals surface area contributed by atoms with Crippen LogP contribution in [0.5, 0.6) is 0 Å². The summed E-state index contributed by atoms with van der Waals surface area (Å²) in [7, 11) is 0. The molecule has 2 N–H and O–H groups in total. The highest BCUT2D eigenvalue weighted by molar-refractivity contribution is 5.94. The van der Waals surface area contributed by atoms with Crippen molar-refractivity contribution in [2.75, 3.05) is 5.32 Å². The first-order valence-corrected chi connectivity index (χ1v) is 8.65. The normalized spacial score (nSPS) is 19.1. The molecule has 0 radical (unpaired) electrons. The fourth-order valence-corrected chi connectivity index (χ4v) is 2.87. The fourth-order valence-electron chi connectivity index (χ4n) is 2.87. The molecule has 0 bridgehead atoms. The summed E-state index contributed by atoms with van der Waals surface area (Å²) in [6.45, 7) is 6.13. The number of nitrogens with zero attached hydrogens (tertiary/aromatic N) is 1. The van der Waals surface area contributed by atoms with Crippen molar-refractivity contribution in [3.63, 3.8) is 0 Å². The molecule has 24 heavy (non-hydrogen) atoms. The maximum absolute atomic E-state index is 12.0. The number of hydrogen-bond acceptors (Lipinski definition) is 3. The molecule has 0 saturated heterocycles. The molecule has 130 valence electrons. The summed E-state index contributed by atoms with van der Waals surface area (Å²) in [6.07, 6.45) is 4.56. The van der Waals surface area contributed by atoms with E-state index in [9.17, 15) is 9.59 Å². The van der Waals surface area contributed by atoms with Gasteiger partial charge in [-0.3, -0.25) is 9.59 Å². The van der Waals surface area contributed by atoms with Gasteiger partial charge in [0.1, 0.15) is 0 Å². The van der Waals surface area contributed by atoms with Crippen LogP contribution in [0.2, 0.25) is 0 Å². The summed E-state index contributed by atoms with van der Waals surface area (Å²) in [5.41, 5.74) is 6.54. The first-order chi connectivity index (χ1) is 11.4. The second-order valence-electron chi connectivity index (χ2n) is 6.78. The molecule has 1 aromatic rings. The number of carbonyl (C=O) groups excluding carboxylic acids is 2. The molecule has 5 heteroatoms. The van der Waals surface area contributed by atoms with E-state index in [1.54, 1.807) is 0 Å². The van der Waals surface area contributed by atoms with Crippen molar-refractivity contribution < 1.29 is 9.59 Å². The second-order valence-corrected chi connectivity index (χ2v) is 6.78. The molecule has 0 unspecified atom stereocenters. The van der Waals surface area contributed by atoms with Crippen molar-refractivity contribution in [2.45, 2.75) is 59.3 Å². The van der Waals surface area contributed by atoms with E-state index in [1.165, 1.54) is 6.42 Å². The molecule has 1 saturated carbocycles. The molecule has 1 aromatic carbocycles. The lowest BCUT2D eigenvalue weighted by Crippen LogP contribution is -2.23. The van der Waals surface area contributed by atoms with Crippen LogP contribution in [0.3, 0.4) is 0 Å². The predicted molar refractivity (Wildman–Crippen MR) is 97.0 cm³/mol. The number of carbonyl (C=O) groups is 2. The van der Waals surface area contributed by atoms with E-state index in [4.69, 9.17) is 0 Å². The summed E-state index contributed by atoms with van der Waals surface area (Å²) >= 11 is 0. The van der Waals surface area contributed by atoms with Crippen LogP contribution in [0, 0.1) is 19.8 Å². The number of rotatable bonds is 5. The van der Waals surface area contributed by atoms with Gasteiger partial charge in [-0.25, -0.2) is 5.43 Å². The molecule has 5 nitrogen and oxygen atoms in total. The maximum Gasteiger partial charge on any atom is 0.240 e. The lowest BCUT2D eigenvalue weighted by molar-refractivity contribution is -0.124. The van der Waals surface area contributed by atoms with Gasteiger partial charge in [-0.2, -0.15) is 5.10 Å². The van der Waals surface area contributed by atoms with E-state index in [2.05, 4.69) is 22.8 Å². The largest absolute Gasteiger partial charge is 0.326 e. The van der Waals surface area contributed by atoms with Gasteiger partial charge in [-0.15, -0.1) is 0 Å². The van der Waals surface area contributed by atoms with Crippen LogP contribution >= 0.6 is 0 Å². The van der Waals surface area contributed by atoms with Crippen LogP contribution < -0.4 is 10.7 Å². The molecule has 0 heterocycles. The van der Waals surface area contributed by atoms with E-state index in [0.717, 1.165) is 41.8 Å². The fraction of sp³-hybridized carbons (Fsp3) is 0.526. The lowest BCUT2D eigenvalue weighted by Gasteiger charge is -2.18. The molecule has 0 spiro atoms. The van der Waals surface area contributed by atoms with E-state index in [0.29, 0.717) is 5.92 Å². The van der Waals surface area contributed by atoms with Crippen molar-refractivity contribution in [1.29, 1.82) is 0 Å². The number of amides is 2. The van der Waals surface area contributed by atoms with Crippen molar-refractivity contribution in [1.82, 2.24) is 5.43 Å². The van der Waals surface area contributed by atoms with Gasteiger partial charge in [0.25, 0.3) is 0 Å². The predicted octanol–water partition coefficient (Wildman–Crippen LogP) is 3.70. The number of benzene rings is 1. The molecular formula is C19H27N3O2. The molecule has 1 aliphatic carbocycles. The van der Waals surface area contributed by atoms with Crippen LogP contribution in [0.1, 0.15) is 56.6 Å². The third-order valence-corrected chi connectivity index (χ3v) is 4.33. The molecular weight excluding hydrogens is 302 g/mol. The molecule has 1 atom stereocenters. The van der Waals surface area contributed by atoms with Gasteiger partial charge in [-0.05, 0) is 62.6 Å². The second kappa shape index (κ2) is 8.62. The Morgan fingerprint density at radius 1 is 1.21 bits per heavy atom. The quantitative estimate of drug-likeness (QED) is 0.809. The molecule has 0 aliphatic heterocycles. The average Bonchev–Trinajstić information content (AvgIpc) is 2.54. The van der Waals surface area contributed by atoms with E-state index in [-0.39, 0.29) is 24.7 Å². The Bertz CT molecular complexity index is 637. The highest BCUT2D eigenvalue weighted by Crippen LogP contribution is 2.21. The highest BCUT2D eigenvalue weighted by atomic mass is 16.2. The Balaban J connectivity index is 1.76. The minimum Gasteiger partial charge on any atom is -0.326 e. The Labute approximate surface area is 143 Å². The summed E-state index contributed by atoms with van der Waals surface area (Å²) < 4.78 is 0. The van der Waals surface area contributed by atoms with Crippen molar-refractivity contribution >= 4 is 23.2 Å². The van der Waals surface area contributed by atoms with Gasteiger partial charge < -0.3 is 5.32 Å². The smallest absolute Gasteiger partial charge is 0.240 e. The molecule has 2 amide bonds. The van der Waals surface area contributed by atoms with Gasteiger partial charge in [0.15, 0.2) is 0 Å². The molecule has 1 fully saturated rings. The van der Waals surface area contributed by atoms with Gasteiger partial charge in [0.05, 0.1) is 0 Å². The number of hydrogen-bond donors (Lipinski definition) is 2. The van der Waals surface area contributed by atoms with E-state index >= 15 is 0 Å². The standard InChI is InChI=1S/C19H27N3O2/c1-13-5-4-6-16(11-13)21-22-19(24)10-9-18(23)20-17-12-14(2)7-8-15(17)3/h7-8,12-13H,4-6,9-11H2,1-3H3,(H,20,23)(H,22,24)/t13-/m0/s1. The Hall–Kier alpha value is -2.17. The topological polar surface area (TPSA) is 70.6 Å². The van der Waals surface area contributed by atoms with Crippen LogP contribution in [0.15, 0.2) is 23.3 Å². The number of hydrazone groups is 1. The third-order valence-electron chi connectivity index (χ3n) is 4.33. The van der Waals surface area contributed by atoms with Gasteiger partial charge >= 0.3 is 0 Å². The average molecular weight is 329 g/mol. The zero-order chi connectivity index (χ0) is 17.5. The number of anilines is 1. The minimum atomic E-state index is -0.211. The third kappa shape index (κ3) is 5.80. The SMILES string of the molecule is Cc1ccc(C)c(NC(=O)CCC(=O)NN=C2CCC[C@H](C)C2)c1. The molecule has 0 aromatic heterocycles.